The molecule has 140 valence electrons. The van der Waals surface area contributed by atoms with Gasteiger partial charge < -0.3 is 5.32 Å². The van der Waals surface area contributed by atoms with Gasteiger partial charge in [0.2, 0.25) is 5.91 Å². The second-order valence-electron chi connectivity index (χ2n) is 5.20. The number of rotatable bonds is 5. The first-order valence-corrected chi connectivity index (χ1v) is 8.27. The van der Waals surface area contributed by atoms with Crippen molar-refractivity contribution in [2.45, 2.75) is 18.1 Å². The number of thioether (sulfide) groups is 1. The average molecular weight is 394 g/mol. The molecule has 1 aromatic heterocycles. The molecule has 0 spiro atoms. The highest BCUT2D eigenvalue weighted by atomic mass is 32.2. The lowest BCUT2D eigenvalue weighted by molar-refractivity contribution is -0.143. The lowest BCUT2D eigenvalue weighted by Gasteiger charge is -2.14. The smallest absolute Gasteiger partial charge is 0.325 e. The normalized spacial score (nSPS) is 12.1. The molecule has 0 aliphatic carbocycles. The van der Waals surface area contributed by atoms with Gasteiger partial charge in [0.05, 0.1) is 16.9 Å². The van der Waals surface area contributed by atoms with Crippen molar-refractivity contribution in [2.75, 3.05) is 11.1 Å². The monoisotopic (exact) mass is 394 g/mol. The Balaban J connectivity index is 2.06. The fraction of sp³-hybridized carbons (Fsp3) is 0.250. The summed E-state index contributed by atoms with van der Waals surface area (Å²) in [5, 5.41) is 2.08. The number of amides is 1. The number of pyridine rings is 1. The minimum atomic E-state index is -4.96. The van der Waals surface area contributed by atoms with Gasteiger partial charge >= 0.3 is 12.4 Å². The van der Waals surface area contributed by atoms with E-state index >= 15 is 0 Å². The number of anilines is 1. The fourth-order valence-corrected chi connectivity index (χ4v) is 2.74. The number of carbonyl (C=O) groups excluding carboxylic acids is 1. The van der Waals surface area contributed by atoms with Crippen LogP contribution in [0.2, 0.25) is 0 Å². The Bertz CT molecular complexity index is 729. The number of alkyl halides is 6. The van der Waals surface area contributed by atoms with Gasteiger partial charge in [0.15, 0.2) is 0 Å². The number of nitrogens with one attached hydrogen (secondary N) is 1. The maximum absolute atomic E-state index is 12.8. The predicted octanol–water partition coefficient (Wildman–Crippen LogP) is 4.99. The highest BCUT2D eigenvalue weighted by Gasteiger charge is 2.37. The van der Waals surface area contributed by atoms with Crippen LogP contribution in [0.4, 0.5) is 32.0 Å². The Labute approximate surface area is 148 Å². The molecule has 2 aromatic rings. The quantitative estimate of drug-likeness (QED) is 0.727. The van der Waals surface area contributed by atoms with Crippen molar-refractivity contribution in [2.24, 2.45) is 0 Å². The summed E-state index contributed by atoms with van der Waals surface area (Å²) in [6.45, 7) is 0. The van der Waals surface area contributed by atoms with Crippen molar-refractivity contribution in [3.63, 3.8) is 0 Å². The molecule has 2 rings (SSSR count). The van der Waals surface area contributed by atoms with Gasteiger partial charge in [0.25, 0.3) is 0 Å². The number of halogens is 6. The van der Waals surface area contributed by atoms with Gasteiger partial charge in [-0.25, -0.2) is 0 Å². The summed E-state index contributed by atoms with van der Waals surface area (Å²) in [5.74, 6) is -0.407. The molecule has 0 aliphatic heterocycles. The van der Waals surface area contributed by atoms with Crippen molar-refractivity contribution >= 4 is 23.4 Å². The molecule has 3 nitrogen and oxygen atoms in total. The van der Waals surface area contributed by atoms with Crippen molar-refractivity contribution in [3.8, 4) is 0 Å². The van der Waals surface area contributed by atoms with Gasteiger partial charge in [-0.05, 0) is 29.8 Å². The van der Waals surface area contributed by atoms with E-state index in [1.54, 1.807) is 24.5 Å². The third-order valence-electron chi connectivity index (χ3n) is 3.10. The summed E-state index contributed by atoms with van der Waals surface area (Å²) < 4.78 is 76.6. The fourth-order valence-electron chi connectivity index (χ4n) is 1.97. The van der Waals surface area contributed by atoms with E-state index in [0.29, 0.717) is 17.9 Å². The molecule has 0 atom stereocenters. The van der Waals surface area contributed by atoms with E-state index in [1.807, 2.05) is 0 Å². The number of nitrogens with zero attached hydrogens (tertiary/aromatic N) is 1. The number of benzene rings is 1. The van der Waals surface area contributed by atoms with Crippen LogP contribution in [0.5, 0.6) is 0 Å². The SMILES string of the molecule is O=C(CSCc1cccnc1)Nc1cc(C(F)(F)F)cc(C(F)(F)F)c1. The Hall–Kier alpha value is -2.23. The summed E-state index contributed by atoms with van der Waals surface area (Å²) in [7, 11) is 0. The van der Waals surface area contributed by atoms with Crippen LogP contribution >= 0.6 is 11.8 Å². The third kappa shape index (κ3) is 5.94. The molecule has 10 heteroatoms. The highest BCUT2D eigenvalue weighted by Crippen LogP contribution is 2.37. The van der Waals surface area contributed by atoms with Crippen molar-refractivity contribution in [1.29, 1.82) is 0 Å². The zero-order valence-corrected chi connectivity index (χ0v) is 13.8. The van der Waals surface area contributed by atoms with E-state index in [1.165, 1.54) is 0 Å². The summed E-state index contributed by atoms with van der Waals surface area (Å²) in [4.78, 5) is 15.7. The summed E-state index contributed by atoms with van der Waals surface area (Å²) in [5.41, 5.74) is -2.68. The molecule has 0 fully saturated rings. The first-order valence-electron chi connectivity index (χ1n) is 7.11. The van der Waals surface area contributed by atoms with Gasteiger partial charge in [-0.3, -0.25) is 9.78 Å². The Morgan fingerprint density at radius 2 is 1.65 bits per heavy atom. The molecule has 1 heterocycles. The zero-order valence-electron chi connectivity index (χ0n) is 13.0. The van der Waals surface area contributed by atoms with Crippen LogP contribution in [0, 0.1) is 0 Å². The molecular weight excluding hydrogens is 382 g/mol. The van der Waals surface area contributed by atoms with E-state index in [2.05, 4.69) is 10.3 Å². The van der Waals surface area contributed by atoms with Crippen LogP contribution in [0.15, 0.2) is 42.7 Å². The molecule has 0 saturated carbocycles. The van der Waals surface area contributed by atoms with Gasteiger partial charge in [0, 0.05) is 23.8 Å². The second-order valence-corrected chi connectivity index (χ2v) is 6.18. The van der Waals surface area contributed by atoms with Gasteiger partial charge in [-0.1, -0.05) is 6.07 Å². The highest BCUT2D eigenvalue weighted by molar-refractivity contribution is 7.99. The van der Waals surface area contributed by atoms with Gasteiger partial charge in [0.1, 0.15) is 0 Å². The average Bonchev–Trinajstić information content (AvgIpc) is 2.54. The third-order valence-corrected chi connectivity index (χ3v) is 4.10. The molecular formula is C16H12F6N2OS. The van der Waals surface area contributed by atoms with E-state index in [0.717, 1.165) is 17.3 Å². The maximum atomic E-state index is 12.8. The summed E-state index contributed by atoms with van der Waals surface area (Å²) >= 11 is 1.16. The molecule has 1 N–H and O–H groups in total. The maximum Gasteiger partial charge on any atom is 0.416 e. The van der Waals surface area contributed by atoms with E-state index in [4.69, 9.17) is 0 Å². The number of aromatic nitrogens is 1. The van der Waals surface area contributed by atoms with Gasteiger partial charge in [-0.2, -0.15) is 26.3 Å². The first-order chi connectivity index (χ1) is 12.1. The van der Waals surface area contributed by atoms with Gasteiger partial charge in [-0.15, -0.1) is 11.8 Å². The zero-order chi connectivity index (χ0) is 19.4. The van der Waals surface area contributed by atoms with Crippen LogP contribution < -0.4 is 5.32 Å². The summed E-state index contributed by atoms with van der Waals surface area (Å²) in [6.07, 6.45) is -6.76. The Morgan fingerprint density at radius 1 is 1.04 bits per heavy atom. The molecule has 26 heavy (non-hydrogen) atoms. The van der Waals surface area contributed by atoms with E-state index in [-0.39, 0.29) is 11.8 Å². The van der Waals surface area contributed by atoms with Crippen LogP contribution in [0.25, 0.3) is 0 Å². The molecule has 1 amide bonds. The number of hydrogen-bond donors (Lipinski definition) is 1. The molecule has 0 saturated heterocycles. The molecule has 1 aromatic carbocycles. The molecule has 0 radical (unpaired) electrons. The lowest BCUT2D eigenvalue weighted by Crippen LogP contribution is -2.17. The molecule has 0 unspecified atom stereocenters. The van der Waals surface area contributed by atoms with Crippen LogP contribution in [-0.2, 0) is 22.9 Å². The van der Waals surface area contributed by atoms with Crippen LogP contribution in [0.3, 0.4) is 0 Å². The minimum absolute atomic E-state index is 0.00676. The topological polar surface area (TPSA) is 42.0 Å². The number of hydrogen-bond acceptors (Lipinski definition) is 3. The molecule has 0 bridgehead atoms. The standard InChI is InChI=1S/C16H12F6N2OS/c17-15(18,19)11-4-12(16(20,21)22)6-13(5-11)24-14(25)9-26-8-10-2-1-3-23-7-10/h1-7H,8-9H2,(H,24,25). The number of carbonyl (C=O) groups is 1. The van der Waals surface area contributed by atoms with Crippen molar-refractivity contribution < 1.29 is 31.1 Å². The second kappa shape index (κ2) is 7.98. The first kappa shape index (κ1) is 20.1. The van der Waals surface area contributed by atoms with Crippen LogP contribution in [-0.4, -0.2) is 16.6 Å². The molecule has 0 aliphatic rings. The largest absolute Gasteiger partial charge is 0.416 e. The minimum Gasteiger partial charge on any atom is -0.325 e. The predicted molar refractivity (Wildman–Crippen MR) is 85.5 cm³/mol. The van der Waals surface area contributed by atoms with Crippen molar-refractivity contribution in [1.82, 2.24) is 4.98 Å². The Morgan fingerprint density at radius 3 is 2.15 bits per heavy atom. The lowest BCUT2D eigenvalue weighted by atomic mass is 10.1. The van der Waals surface area contributed by atoms with Crippen LogP contribution in [0.1, 0.15) is 16.7 Å². The Kier molecular flexibility index (Phi) is 6.17. The van der Waals surface area contributed by atoms with E-state index < -0.39 is 35.1 Å². The van der Waals surface area contributed by atoms with E-state index in [9.17, 15) is 31.1 Å². The summed E-state index contributed by atoms with van der Waals surface area (Å²) in [6, 6.07) is 4.43. The van der Waals surface area contributed by atoms with Crippen molar-refractivity contribution in [3.05, 3.63) is 59.4 Å².